The normalized spacial score (nSPS) is 14.8. The van der Waals surface area contributed by atoms with Crippen LogP contribution in [0.3, 0.4) is 0 Å². The first-order valence-electron chi connectivity index (χ1n) is 6.16. The molecule has 0 amide bonds. The van der Waals surface area contributed by atoms with Crippen LogP contribution in [0.1, 0.15) is 18.6 Å². The Morgan fingerprint density at radius 1 is 1.39 bits per heavy atom. The quantitative estimate of drug-likeness (QED) is 0.825. The van der Waals surface area contributed by atoms with E-state index in [2.05, 4.69) is 11.2 Å². The van der Waals surface area contributed by atoms with Crippen LogP contribution in [-0.4, -0.2) is 42.2 Å². The summed E-state index contributed by atoms with van der Waals surface area (Å²) in [6, 6.07) is 6.44. The van der Waals surface area contributed by atoms with Gasteiger partial charge in [-0.2, -0.15) is 11.8 Å². The molecule has 0 aliphatic rings. The number of halogens is 1. The third kappa shape index (κ3) is 4.59. The highest BCUT2D eigenvalue weighted by molar-refractivity contribution is 7.98. The van der Waals surface area contributed by atoms with Gasteiger partial charge in [-0.1, -0.05) is 25.1 Å². The molecular weight excluding hydrogens is 249 g/mol. The summed E-state index contributed by atoms with van der Waals surface area (Å²) >= 11 is 1.80. The zero-order valence-electron chi connectivity index (χ0n) is 11.3. The molecule has 0 heterocycles. The minimum atomic E-state index is -0.747. The van der Waals surface area contributed by atoms with Gasteiger partial charge in [-0.05, 0) is 25.3 Å². The van der Waals surface area contributed by atoms with Crippen LogP contribution in [0.2, 0.25) is 0 Å². The van der Waals surface area contributed by atoms with Crippen molar-refractivity contribution in [2.24, 2.45) is 5.92 Å². The van der Waals surface area contributed by atoms with E-state index in [0.29, 0.717) is 5.56 Å². The Balaban J connectivity index is 2.56. The number of aliphatic hydroxyl groups excluding tert-OH is 1. The summed E-state index contributed by atoms with van der Waals surface area (Å²) in [4.78, 5) is 2.17. The highest BCUT2D eigenvalue weighted by Gasteiger charge is 2.20. The van der Waals surface area contributed by atoms with Crippen molar-refractivity contribution >= 4 is 11.8 Å². The first-order valence-corrected chi connectivity index (χ1v) is 7.55. The van der Waals surface area contributed by atoms with Crippen molar-refractivity contribution in [2.75, 3.05) is 32.1 Å². The van der Waals surface area contributed by atoms with Crippen LogP contribution in [-0.2, 0) is 0 Å². The van der Waals surface area contributed by atoms with Crippen molar-refractivity contribution in [3.63, 3.8) is 0 Å². The monoisotopic (exact) mass is 271 g/mol. The van der Waals surface area contributed by atoms with E-state index >= 15 is 0 Å². The van der Waals surface area contributed by atoms with E-state index < -0.39 is 6.10 Å². The maximum absolute atomic E-state index is 13.6. The number of thioether (sulfide) groups is 1. The molecule has 102 valence electrons. The summed E-state index contributed by atoms with van der Waals surface area (Å²) in [6.45, 7) is 3.69. The Bertz CT molecular complexity index is 361. The fraction of sp³-hybridized carbons (Fsp3) is 0.571. The van der Waals surface area contributed by atoms with Crippen LogP contribution >= 0.6 is 11.8 Å². The summed E-state index contributed by atoms with van der Waals surface area (Å²) in [6.07, 6.45) is 1.33. The lowest BCUT2D eigenvalue weighted by Crippen LogP contribution is -2.29. The van der Waals surface area contributed by atoms with Crippen molar-refractivity contribution in [1.82, 2.24) is 4.90 Å². The third-order valence-electron chi connectivity index (χ3n) is 3.04. The maximum atomic E-state index is 13.6. The maximum Gasteiger partial charge on any atom is 0.129 e. The lowest BCUT2D eigenvalue weighted by atomic mass is 9.96. The van der Waals surface area contributed by atoms with E-state index in [1.807, 2.05) is 14.0 Å². The van der Waals surface area contributed by atoms with E-state index in [-0.39, 0.29) is 11.7 Å². The van der Waals surface area contributed by atoms with Crippen molar-refractivity contribution in [1.29, 1.82) is 0 Å². The lowest BCUT2D eigenvalue weighted by Gasteiger charge is -2.25. The molecule has 0 saturated heterocycles. The number of hydrogen-bond donors (Lipinski definition) is 1. The molecular formula is C14H22FNOS. The van der Waals surface area contributed by atoms with Gasteiger partial charge in [0.05, 0.1) is 6.10 Å². The zero-order chi connectivity index (χ0) is 13.5. The zero-order valence-corrected chi connectivity index (χ0v) is 12.1. The van der Waals surface area contributed by atoms with Gasteiger partial charge in [-0.15, -0.1) is 0 Å². The molecule has 1 N–H and O–H groups in total. The van der Waals surface area contributed by atoms with E-state index in [1.165, 1.54) is 6.07 Å². The molecule has 0 aliphatic heterocycles. The summed E-state index contributed by atoms with van der Waals surface area (Å²) in [5.74, 6) is 0.747. The third-order valence-corrected chi connectivity index (χ3v) is 3.63. The number of hydrogen-bond acceptors (Lipinski definition) is 3. The average Bonchev–Trinajstić information content (AvgIpc) is 2.36. The second-order valence-electron chi connectivity index (χ2n) is 4.70. The van der Waals surface area contributed by atoms with Gasteiger partial charge in [-0.25, -0.2) is 4.39 Å². The van der Waals surface area contributed by atoms with Crippen molar-refractivity contribution in [3.05, 3.63) is 35.6 Å². The molecule has 0 radical (unpaired) electrons. The second kappa shape index (κ2) is 7.77. The molecule has 4 heteroatoms. The van der Waals surface area contributed by atoms with Crippen molar-refractivity contribution < 1.29 is 9.50 Å². The van der Waals surface area contributed by atoms with Gasteiger partial charge in [-0.3, -0.25) is 0 Å². The van der Waals surface area contributed by atoms with Gasteiger partial charge in [0.2, 0.25) is 0 Å². The van der Waals surface area contributed by atoms with Crippen molar-refractivity contribution in [3.8, 4) is 0 Å². The van der Waals surface area contributed by atoms with E-state index in [4.69, 9.17) is 0 Å². The summed E-state index contributed by atoms with van der Waals surface area (Å²) in [5, 5.41) is 10.2. The lowest BCUT2D eigenvalue weighted by molar-refractivity contribution is 0.0931. The summed E-state index contributed by atoms with van der Waals surface area (Å²) in [5.41, 5.74) is 0.392. The molecule has 0 aliphatic carbocycles. The molecule has 1 rings (SSSR count). The highest BCUT2D eigenvalue weighted by Crippen LogP contribution is 2.24. The van der Waals surface area contributed by atoms with Gasteiger partial charge in [0.15, 0.2) is 0 Å². The highest BCUT2D eigenvalue weighted by atomic mass is 32.2. The predicted molar refractivity (Wildman–Crippen MR) is 76.4 cm³/mol. The molecule has 0 bridgehead atoms. The van der Waals surface area contributed by atoms with Crippen LogP contribution < -0.4 is 0 Å². The second-order valence-corrected chi connectivity index (χ2v) is 5.68. The van der Waals surface area contributed by atoms with Gasteiger partial charge in [0.1, 0.15) is 5.82 Å². The standard InChI is InChI=1S/C14H22FNOS/c1-11(10-16(2)8-9-18-3)14(17)12-6-4-5-7-13(12)15/h4-7,11,14,17H,8-10H2,1-3H3. The van der Waals surface area contributed by atoms with E-state index in [9.17, 15) is 9.50 Å². The van der Waals surface area contributed by atoms with Crippen LogP contribution in [0.5, 0.6) is 0 Å². The Morgan fingerprint density at radius 2 is 2.06 bits per heavy atom. The van der Waals surface area contributed by atoms with Crippen LogP contribution in [0.25, 0.3) is 0 Å². The SMILES string of the molecule is CSCCN(C)CC(C)C(O)c1ccccc1F. The predicted octanol–water partition coefficient (Wildman–Crippen LogP) is 2.79. The Hall–Kier alpha value is -0.580. The molecule has 1 aromatic carbocycles. The molecule has 1 aromatic rings. The number of nitrogens with zero attached hydrogens (tertiary/aromatic N) is 1. The smallest absolute Gasteiger partial charge is 0.129 e. The first-order chi connectivity index (χ1) is 8.56. The van der Waals surface area contributed by atoms with Crippen LogP contribution in [0.15, 0.2) is 24.3 Å². The molecule has 2 nitrogen and oxygen atoms in total. The molecule has 0 spiro atoms. The Labute approximate surface area is 113 Å². The van der Waals surface area contributed by atoms with E-state index in [0.717, 1.165) is 18.8 Å². The topological polar surface area (TPSA) is 23.5 Å². The molecule has 18 heavy (non-hydrogen) atoms. The Kier molecular flexibility index (Phi) is 6.68. The number of rotatable bonds is 7. The molecule has 2 atom stereocenters. The minimum Gasteiger partial charge on any atom is -0.388 e. The number of aliphatic hydroxyl groups is 1. The number of benzene rings is 1. The molecule has 0 saturated carbocycles. The fourth-order valence-electron chi connectivity index (χ4n) is 1.95. The van der Waals surface area contributed by atoms with Gasteiger partial charge < -0.3 is 10.0 Å². The summed E-state index contributed by atoms with van der Waals surface area (Å²) < 4.78 is 13.6. The Morgan fingerprint density at radius 3 is 2.67 bits per heavy atom. The van der Waals surface area contributed by atoms with E-state index in [1.54, 1.807) is 30.0 Å². The largest absolute Gasteiger partial charge is 0.388 e. The minimum absolute atomic E-state index is 0.00811. The molecule has 2 unspecified atom stereocenters. The van der Waals surface area contributed by atoms with Gasteiger partial charge in [0, 0.05) is 24.4 Å². The van der Waals surface area contributed by atoms with Gasteiger partial charge >= 0.3 is 0 Å². The average molecular weight is 271 g/mol. The fourth-order valence-corrected chi connectivity index (χ4v) is 2.45. The van der Waals surface area contributed by atoms with Crippen LogP contribution in [0, 0.1) is 11.7 Å². The summed E-state index contributed by atoms with van der Waals surface area (Å²) in [7, 11) is 2.03. The molecule has 0 fully saturated rings. The first kappa shape index (κ1) is 15.5. The van der Waals surface area contributed by atoms with Gasteiger partial charge in [0.25, 0.3) is 0 Å². The van der Waals surface area contributed by atoms with Crippen molar-refractivity contribution in [2.45, 2.75) is 13.0 Å². The molecule has 0 aromatic heterocycles. The van der Waals surface area contributed by atoms with Crippen LogP contribution in [0.4, 0.5) is 4.39 Å².